The molecule has 0 spiro atoms. The normalized spacial score (nSPS) is 16.2. The number of nitrogens with two attached hydrogens (primary N) is 1. The Balaban J connectivity index is 1.85. The van der Waals surface area contributed by atoms with Crippen LogP contribution in [-0.4, -0.2) is 30.5 Å². The van der Waals surface area contributed by atoms with Crippen LogP contribution in [0.1, 0.15) is 40.0 Å². The van der Waals surface area contributed by atoms with Gasteiger partial charge in [0.15, 0.2) is 6.61 Å². The zero-order valence-electron chi connectivity index (χ0n) is 15.3. The summed E-state index contributed by atoms with van der Waals surface area (Å²) in [4.78, 5) is 24.0. The van der Waals surface area contributed by atoms with Crippen molar-refractivity contribution >= 4 is 17.5 Å². The number of ether oxygens (including phenoxy) is 1. The molecule has 1 saturated carbocycles. The monoisotopic (exact) mass is 347 g/mol. The minimum atomic E-state index is -0.436. The van der Waals surface area contributed by atoms with Crippen molar-refractivity contribution in [3.05, 3.63) is 24.3 Å². The zero-order valence-corrected chi connectivity index (χ0v) is 15.3. The molecule has 0 radical (unpaired) electrons. The van der Waals surface area contributed by atoms with Crippen LogP contribution >= 0.6 is 0 Å². The Morgan fingerprint density at radius 2 is 2.08 bits per heavy atom. The summed E-state index contributed by atoms with van der Waals surface area (Å²) in [6.07, 6.45) is 2.72. The fraction of sp³-hybridized carbons (Fsp3) is 0.579. The predicted molar refractivity (Wildman–Crippen MR) is 98.3 cm³/mol. The van der Waals surface area contributed by atoms with Gasteiger partial charge in [0.25, 0.3) is 5.91 Å². The fourth-order valence-electron chi connectivity index (χ4n) is 2.86. The van der Waals surface area contributed by atoms with Crippen LogP contribution in [0.4, 0.5) is 5.69 Å². The molecule has 1 atom stereocenters. The van der Waals surface area contributed by atoms with E-state index in [0.717, 1.165) is 19.3 Å². The third kappa shape index (κ3) is 6.38. The highest BCUT2D eigenvalue weighted by atomic mass is 16.5. The Bertz CT molecular complexity index is 614. The molecule has 1 fully saturated rings. The van der Waals surface area contributed by atoms with Gasteiger partial charge in [-0.3, -0.25) is 9.59 Å². The maximum atomic E-state index is 12.2. The minimum absolute atomic E-state index is 0.0438. The van der Waals surface area contributed by atoms with Gasteiger partial charge in [0.1, 0.15) is 5.75 Å². The van der Waals surface area contributed by atoms with E-state index in [4.69, 9.17) is 10.5 Å². The molecule has 138 valence electrons. The van der Waals surface area contributed by atoms with Gasteiger partial charge < -0.3 is 21.1 Å². The van der Waals surface area contributed by atoms with Gasteiger partial charge in [-0.05, 0) is 44.2 Å². The summed E-state index contributed by atoms with van der Waals surface area (Å²) in [5, 5.41) is 5.82. The number of carbonyl (C=O) groups excluding carboxylic acids is 2. The van der Waals surface area contributed by atoms with Gasteiger partial charge in [-0.1, -0.05) is 19.9 Å². The van der Waals surface area contributed by atoms with Crippen LogP contribution < -0.4 is 21.1 Å². The average molecular weight is 347 g/mol. The summed E-state index contributed by atoms with van der Waals surface area (Å²) in [6.45, 7) is 6.42. The van der Waals surface area contributed by atoms with E-state index in [1.54, 1.807) is 24.3 Å². The molecule has 2 rings (SSSR count). The molecule has 0 aliphatic heterocycles. The van der Waals surface area contributed by atoms with E-state index in [9.17, 15) is 9.59 Å². The molecule has 0 heterocycles. The number of rotatable bonds is 9. The number of carbonyl (C=O) groups is 2. The standard InChI is InChI=1S/C19H29N3O3/c1-13(2)10-19(3,12-20)22-17(23)11-25-16-6-4-5-15(9-16)21-18(24)14-7-8-14/h4-6,9,13-14H,7-8,10-12,20H2,1-3H3,(H,21,24)(H,22,23). The van der Waals surface area contributed by atoms with E-state index in [0.29, 0.717) is 23.9 Å². The number of nitrogens with one attached hydrogen (secondary N) is 2. The molecule has 1 aliphatic rings. The third-order valence-corrected chi connectivity index (χ3v) is 4.17. The second kappa shape index (κ2) is 8.34. The molecular formula is C19H29N3O3. The van der Waals surface area contributed by atoms with Crippen LogP contribution in [0.25, 0.3) is 0 Å². The molecule has 6 nitrogen and oxygen atoms in total. The molecule has 25 heavy (non-hydrogen) atoms. The van der Waals surface area contributed by atoms with Crippen molar-refractivity contribution in [2.45, 2.75) is 45.6 Å². The van der Waals surface area contributed by atoms with Gasteiger partial charge in [0, 0.05) is 29.8 Å². The summed E-state index contributed by atoms with van der Waals surface area (Å²) in [6, 6.07) is 7.08. The van der Waals surface area contributed by atoms with E-state index >= 15 is 0 Å². The highest BCUT2D eigenvalue weighted by Crippen LogP contribution is 2.30. The van der Waals surface area contributed by atoms with Gasteiger partial charge in [0.05, 0.1) is 0 Å². The first-order valence-electron chi connectivity index (χ1n) is 8.86. The van der Waals surface area contributed by atoms with E-state index in [2.05, 4.69) is 24.5 Å². The number of hydrogen-bond donors (Lipinski definition) is 3. The van der Waals surface area contributed by atoms with Crippen molar-refractivity contribution in [1.29, 1.82) is 0 Å². The van der Waals surface area contributed by atoms with Crippen molar-refractivity contribution in [2.24, 2.45) is 17.6 Å². The van der Waals surface area contributed by atoms with Crippen LogP contribution in [-0.2, 0) is 9.59 Å². The summed E-state index contributed by atoms with van der Waals surface area (Å²) in [5.41, 5.74) is 6.06. The molecule has 0 saturated heterocycles. The van der Waals surface area contributed by atoms with Gasteiger partial charge in [-0.2, -0.15) is 0 Å². The third-order valence-electron chi connectivity index (χ3n) is 4.17. The summed E-state index contributed by atoms with van der Waals surface area (Å²) >= 11 is 0. The lowest BCUT2D eigenvalue weighted by atomic mass is 9.91. The van der Waals surface area contributed by atoms with Crippen LogP contribution in [0.5, 0.6) is 5.75 Å². The van der Waals surface area contributed by atoms with Gasteiger partial charge in [-0.25, -0.2) is 0 Å². The lowest BCUT2D eigenvalue weighted by Crippen LogP contribution is -2.53. The van der Waals surface area contributed by atoms with E-state index in [-0.39, 0.29) is 24.3 Å². The molecular weight excluding hydrogens is 318 g/mol. The molecule has 0 bridgehead atoms. The second-order valence-electron chi connectivity index (χ2n) is 7.49. The Labute approximate surface area is 149 Å². The average Bonchev–Trinajstić information content (AvgIpc) is 3.37. The quantitative estimate of drug-likeness (QED) is 0.639. The molecule has 1 aliphatic carbocycles. The number of benzene rings is 1. The van der Waals surface area contributed by atoms with Gasteiger partial charge in [-0.15, -0.1) is 0 Å². The Hall–Kier alpha value is -2.08. The summed E-state index contributed by atoms with van der Waals surface area (Å²) < 4.78 is 5.56. The fourth-order valence-corrected chi connectivity index (χ4v) is 2.86. The Kier molecular flexibility index (Phi) is 6.42. The first-order valence-corrected chi connectivity index (χ1v) is 8.86. The smallest absolute Gasteiger partial charge is 0.258 e. The highest BCUT2D eigenvalue weighted by molar-refractivity contribution is 5.94. The van der Waals surface area contributed by atoms with Crippen LogP contribution in [0.15, 0.2) is 24.3 Å². The van der Waals surface area contributed by atoms with Crippen molar-refractivity contribution in [2.75, 3.05) is 18.5 Å². The Morgan fingerprint density at radius 3 is 2.68 bits per heavy atom. The zero-order chi connectivity index (χ0) is 18.4. The number of anilines is 1. The van der Waals surface area contributed by atoms with Crippen molar-refractivity contribution in [3.63, 3.8) is 0 Å². The van der Waals surface area contributed by atoms with E-state index in [1.165, 1.54) is 0 Å². The largest absolute Gasteiger partial charge is 0.484 e. The lowest BCUT2D eigenvalue weighted by Gasteiger charge is -2.31. The molecule has 1 unspecified atom stereocenters. The van der Waals surface area contributed by atoms with Gasteiger partial charge in [0.2, 0.25) is 5.91 Å². The van der Waals surface area contributed by atoms with Crippen LogP contribution in [0.2, 0.25) is 0 Å². The number of hydrogen-bond acceptors (Lipinski definition) is 4. The number of amides is 2. The van der Waals surface area contributed by atoms with Crippen molar-refractivity contribution < 1.29 is 14.3 Å². The SMILES string of the molecule is CC(C)CC(C)(CN)NC(=O)COc1cccc(NC(=O)C2CC2)c1. The topological polar surface area (TPSA) is 93.4 Å². The highest BCUT2D eigenvalue weighted by Gasteiger charge is 2.29. The van der Waals surface area contributed by atoms with Crippen LogP contribution in [0.3, 0.4) is 0 Å². The first-order chi connectivity index (χ1) is 11.8. The lowest BCUT2D eigenvalue weighted by molar-refractivity contribution is -0.125. The Morgan fingerprint density at radius 1 is 1.36 bits per heavy atom. The molecule has 4 N–H and O–H groups in total. The molecule has 0 aromatic heterocycles. The molecule has 1 aromatic rings. The van der Waals surface area contributed by atoms with Gasteiger partial charge >= 0.3 is 0 Å². The maximum absolute atomic E-state index is 12.2. The molecule has 1 aromatic carbocycles. The van der Waals surface area contributed by atoms with E-state index in [1.807, 2.05) is 6.92 Å². The molecule has 6 heteroatoms. The summed E-state index contributed by atoms with van der Waals surface area (Å²) in [7, 11) is 0. The van der Waals surface area contributed by atoms with Crippen molar-refractivity contribution in [3.8, 4) is 5.75 Å². The predicted octanol–water partition coefficient (Wildman–Crippen LogP) is 2.29. The van der Waals surface area contributed by atoms with Crippen LogP contribution in [0, 0.1) is 11.8 Å². The van der Waals surface area contributed by atoms with Crippen molar-refractivity contribution in [1.82, 2.24) is 5.32 Å². The summed E-state index contributed by atoms with van der Waals surface area (Å²) in [5.74, 6) is 0.956. The minimum Gasteiger partial charge on any atom is -0.484 e. The first kappa shape index (κ1) is 19.2. The molecule has 2 amide bonds. The maximum Gasteiger partial charge on any atom is 0.258 e. The second-order valence-corrected chi connectivity index (χ2v) is 7.49. The van der Waals surface area contributed by atoms with E-state index < -0.39 is 5.54 Å².